The van der Waals surface area contributed by atoms with E-state index < -0.39 is 0 Å². The summed E-state index contributed by atoms with van der Waals surface area (Å²) in [5.74, 6) is 0.372. The second kappa shape index (κ2) is 5.43. The summed E-state index contributed by atoms with van der Waals surface area (Å²) >= 11 is 1.70. The first kappa shape index (κ1) is 12.3. The monoisotopic (exact) mass is 246 g/mol. The lowest BCUT2D eigenvalue weighted by Gasteiger charge is -2.14. The Labute approximate surface area is 107 Å². The molecule has 1 heterocycles. The third kappa shape index (κ3) is 3.14. The number of nitrogens with zero attached hydrogens (tertiary/aromatic N) is 1. The molecule has 1 aromatic carbocycles. The molecule has 17 heavy (non-hydrogen) atoms. The van der Waals surface area contributed by atoms with Gasteiger partial charge in [-0.2, -0.15) is 0 Å². The van der Waals surface area contributed by atoms with Gasteiger partial charge in [-0.25, -0.2) is 4.98 Å². The minimum Gasteiger partial charge on any atom is -0.330 e. The van der Waals surface area contributed by atoms with Gasteiger partial charge in [-0.15, -0.1) is 11.3 Å². The lowest BCUT2D eigenvalue weighted by molar-refractivity contribution is 0.683. The summed E-state index contributed by atoms with van der Waals surface area (Å²) in [5.41, 5.74) is 9.65. The zero-order chi connectivity index (χ0) is 12.3. The lowest BCUT2D eigenvalue weighted by Crippen LogP contribution is -2.15. The number of aromatic nitrogens is 1. The minimum absolute atomic E-state index is 0.372. The highest BCUT2D eigenvalue weighted by Gasteiger charge is 2.12. The Balaban J connectivity index is 2.16. The van der Waals surface area contributed by atoms with E-state index in [1.54, 1.807) is 11.3 Å². The van der Waals surface area contributed by atoms with Crippen molar-refractivity contribution >= 4 is 11.3 Å². The first-order valence-corrected chi connectivity index (χ1v) is 6.74. The van der Waals surface area contributed by atoms with Crippen LogP contribution in [-0.2, 0) is 6.42 Å². The Kier molecular flexibility index (Phi) is 3.92. The zero-order valence-electron chi connectivity index (χ0n) is 10.3. The zero-order valence-corrected chi connectivity index (χ0v) is 11.1. The highest BCUT2D eigenvalue weighted by atomic mass is 32.1. The van der Waals surface area contributed by atoms with Crippen molar-refractivity contribution in [2.75, 3.05) is 6.54 Å². The molecule has 1 unspecified atom stereocenters. The molecule has 0 aliphatic rings. The van der Waals surface area contributed by atoms with Crippen molar-refractivity contribution in [3.63, 3.8) is 0 Å². The van der Waals surface area contributed by atoms with Gasteiger partial charge in [-0.3, -0.25) is 0 Å². The molecule has 0 spiro atoms. The van der Waals surface area contributed by atoms with Crippen LogP contribution in [0, 0.1) is 13.8 Å². The average molecular weight is 246 g/mol. The van der Waals surface area contributed by atoms with Crippen LogP contribution >= 0.6 is 11.3 Å². The Morgan fingerprint density at radius 2 is 2.18 bits per heavy atom. The number of rotatable bonds is 4. The lowest BCUT2D eigenvalue weighted by atomic mass is 9.93. The summed E-state index contributed by atoms with van der Waals surface area (Å²) in [5, 5.41) is 3.26. The van der Waals surface area contributed by atoms with Crippen LogP contribution in [0.2, 0.25) is 0 Å². The average Bonchev–Trinajstić information content (AvgIpc) is 2.72. The molecule has 0 saturated carbocycles. The van der Waals surface area contributed by atoms with Crippen LogP contribution in [0.1, 0.15) is 27.7 Å². The molecular weight excluding hydrogens is 228 g/mol. The number of benzene rings is 1. The van der Waals surface area contributed by atoms with Gasteiger partial charge in [0.2, 0.25) is 0 Å². The second-order valence-corrected chi connectivity index (χ2v) is 5.47. The Morgan fingerprint density at radius 3 is 2.76 bits per heavy atom. The fourth-order valence-corrected chi connectivity index (χ4v) is 2.64. The van der Waals surface area contributed by atoms with Crippen LogP contribution in [0.25, 0.3) is 0 Å². The minimum atomic E-state index is 0.372. The van der Waals surface area contributed by atoms with E-state index in [0.29, 0.717) is 12.5 Å². The molecule has 0 bridgehead atoms. The highest BCUT2D eigenvalue weighted by molar-refractivity contribution is 7.09. The van der Waals surface area contributed by atoms with Crippen molar-refractivity contribution < 1.29 is 0 Å². The van der Waals surface area contributed by atoms with E-state index >= 15 is 0 Å². The molecule has 0 fully saturated rings. The summed E-state index contributed by atoms with van der Waals surface area (Å²) < 4.78 is 0. The van der Waals surface area contributed by atoms with Crippen LogP contribution in [0.4, 0.5) is 0 Å². The van der Waals surface area contributed by atoms with E-state index in [0.717, 1.165) is 17.1 Å². The van der Waals surface area contributed by atoms with Gasteiger partial charge >= 0.3 is 0 Å². The van der Waals surface area contributed by atoms with E-state index in [-0.39, 0.29) is 0 Å². The van der Waals surface area contributed by atoms with E-state index in [1.165, 1.54) is 11.1 Å². The molecule has 0 amide bonds. The quantitative estimate of drug-likeness (QED) is 0.900. The number of hydrogen-bond acceptors (Lipinski definition) is 3. The molecule has 2 rings (SSSR count). The van der Waals surface area contributed by atoms with E-state index in [9.17, 15) is 0 Å². The molecule has 2 aromatic rings. The predicted octanol–water partition coefficient (Wildman–Crippen LogP) is 3.04. The van der Waals surface area contributed by atoms with E-state index in [1.807, 2.05) is 6.92 Å². The largest absolute Gasteiger partial charge is 0.330 e. The fourth-order valence-electron chi connectivity index (χ4n) is 2.02. The summed E-state index contributed by atoms with van der Waals surface area (Å²) in [4.78, 5) is 4.51. The van der Waals surface area contributed by atoms with Crippen molar-refractivity contribution in [1.82, 2.24) is 4.98 Å². The first-order valence-electron chi connectivity index (χ1n) is 5.86. The van der Waals surface area contributed by atoms with Crippen LogP contribution in [0.5, 0.6) is 0 Å². The molecule has 90 valence electrons. The third-order valence-electron chi connectivity index (χ3n) is 2.92. The Morgan fingerprint density at radius 1 is 1.35 bits per heavy atom. The Bertz CT molecular complexity index is 490. The summed E-state index contributed by atoms with van der Waals surface area (Å²) in [6.07, 6.45) is 0.935. The van der Waals surface area contributed by atoms with Gasteiger partial charge in [0, 0.05) is 11.3 Å². The highest BCUT2D eigenvalue weighted by Crippen LogP contribution is 2.21. The van der Waals surface area contributed by atoms with Crippen molar-refractivity contribution in [2.24, 2.45) is 5.73 Å². The van der Waals surface area contributed by atoms with Crippen LogP contribution in [-0.4, -0.2) is 11.5 Å². The third-order valence-corrected chi connectivity index (χ3v) is 3.74. The van der Waals surface area contributed by atoms with Gasteiger partial charge in [0.15, 0.2) is 0 Å². The van der Waals surface area contributed by atoms with Gasteiger partial charge in [-0.05, 0) is 32.4 Å². The maximum Gasteiger partial charge on any atom is 0.0897 e. The van der Waals surface area contributed by atoms with Gasteiger partial charge < -0.3 is 5.73 Å². The summed E-state index contributed by atoms with van der Waals surface area (Å²) in [6, 6.07) is 8.59. The summed E-state index contributed by atoms with van der Waals surface area (Å²) in [6.45, 7) is 4.82. The number of thiazole rings is 1. The molecule has 2 nitrogen and oxygen atoms in total. The SMILES string of the molecule is Cc1cccc(C(CN)Cc2csc(C)n2)c1. The predicted molar refractivity (Wildman–Crippen MR) is 73.5 cm³/mol. The second-order valence-electron chi connectivity index (χ2n) is 4.41. The molecule has 2 N–H and O–H groups in total. The first-order chi connectivity index (χ1) is 8.19. The van der Waals surface area contributed by atoms with Crippen molar-refractivity contribution in [2.45, 2.75) is 26.2 Å². The van der Waals surface area contributed by atoms with Crippen LogP contribution in [0.15, 0.2) is 29.6 Å². The van der Waals surface area contributed by atoms with E-state index in [2.05, 4.69) is 41.6 Å². The van der Waals surface area contributed by atoms with Crippen molar-refractivity contribution in [1.29, 1.82) is 0 Å². The molecule has 1 aromatic heterocycles. The molecule has 0 aliphatic carbocycles. The summed E-state index contributed by atoms with van der Waals surface area (Å²) in [7, 11) is 0. The van der Waals surface area contributed by atoms with Crippen molar-refractivity contribution in [3.8, 4) is 0 Å². The normalized spacial score (nSPS) is 12.6. The standard InChI is InChI=1S/C14H18N2S/c1-10-4-3-5-12(6-10)13(8-15)7-14-9-17-11(2)16-14/h3-6,9,13H,7-8,15H2,1-2H3. The molecule has 3 heteroatoms. The number of nitrogens with two attached hydrogens (primary N) is 1. The van der Waals surface area contributed by atoms with Gasteiger partial charge in [0.1, 0.15) is 0 Å². The van der Waals surface area contributed by atoms with E-state index in [4.69, 9.17) is 5.73 Å². The Hall–Kier alpha value is -1.19. The maximum atomic E-state index is 5.89. The van der Waals surface area contributed by atoms with Crippen LogP contribution < -0.4 is 5.73 Å². The molecule has 0 saturated heterocycles. The van der Waals surface area contributed by atoms with Gasteiger partial charge in [0.25, 0.3) is 0 Å². The van der Waals surface area contributed by atoms with Crippen molar-refractivity contribution in [3.05, 3.63) is 51.5 Å². The molecular formula is C14H18N2S. The maximum absolute atomic E-state index is 5.89. The van der Waals surface area contributed by atoms with Gasteiger partial charge in [0.05, 0.1) is 10.7 Å². The van der Waals surface area contributed by atoms with Gasteiger partial charge in [-0.1, -0.05) is 29.8 Å². The number of aryl methyl sites for hydroxylation is 2. The fraction of sp³-hybridized carbons (Fsp3) is 0.357. The molecule has 0 aliphatic heterocycles. The molecule has 1 atom stereocenters. The smallest absolute Gasteiger partial charge is 0.0897 e. The number of hydrogen-bond donors (Lipinski definition) is 1. The van der Waals surface area contributed by atoms with Crippen LogP contribution in [0.3, 0.4) is 0 Å². The molecule has 0 radical (unpaired) electrons. The topological polar surface area (TPSA) is 38.9 Å².